The van der Waals surface area contributed by atoms with Gasteiger partial charge >= 0.3 is 0 Å². The second kappa shape index (κ2) is 7.12. The van der Waals surface area contributed by atoms with Crippen molar-refractivity contribution in [2.75, 3.05) is 6.54 Å². The maximum Gasteiger partial charge on any atom is 0.261 e. The van der Waals surface area contributed by atoms with Crippen molar-refractivity contribution < 1.29 is 4.79 Å². The van der Waals surface area contributed by atoms with Gasteiger partial charge in [-0.3, -0.25) is 14.2 Å². The molecule has 5 nitrogen and oxygen atoms in total. The quantitative estimate of drug-likeness (QED) is 0.709. The van der Waals surface area contributed by atoms with Gasteiger partial charge in [-0.2, -0.15) is 0 Å². The molecule has 0 saturated carbocycles. The van der Waals surface area contributed by atoms with Crippen LogP contribution in [0.1, 0.15) is 28.8 Å². The van der Waals surface area contributed by atoms with E-state index in [4.69, 9.17) is 12.2 Å². The summed E-state index contributed by atoms with van der Waals surface area (Å²) in [6.07, 6.45) is 2.89. The summed E-state index contributed by atoms with van der Waals surface area (Å²) in [6, 6.07) is 15.7. The third kappa shape index (κ3) is 3.32. The molecule has 1 atom stereocenters. The zero-order valence-electron chi connectivity index (χ0n) is 15.1. The van der Waals surface area contributed by atoms with Gasteiger partial charge in [-0.05, 0) is 55.2 Å². The number of aromatic nitrogens is 2. The summed E-state index contributed by atoms with van der Waals surface area (Å²) in [6.45, 7) is 0.765. The molecule has 0 spiro atoms. The number of likely N-dealkylation sites (tertiary alicyclic amines) is 1. The van der Waals surface area contributed by atoms with Crippen LogP contribution in [0.5, 0.6) is 0 Å². The van der Waals surface area contributed by atoms with E-state index in [0.29, 0.717) is 21.2 Å². The molecular formula is C21H21N3O2S. The molecule has 4 rings (SSSR count). The van der Waals surface area contributed by atoms with E-state index in [2.05, 4.69) is 17.1 Å². The van der Waals surface area contributed by atoms with Gasteiger partial charge in [-0.1, -0.05) is 30.3 Å². The molecule has 0 bridgehead atoms. The Morgan fingerprint density at radius 1 is 1.22 bits per heavy atom. The number of amides is 1. The fourth-order valence-corrected chi connectivity index (χ4v) is 4.00. The summed E-state index contributed by atoms with van der Waals surface area (Å²) >= 11 is 5.19. The molecule has 0 unspecified atom stereocenters. The Labute approximate surface area is 162 Å². The van der Waals surface area contributed by atoms with Gasteiger partial charge < -0.3 is 9.88 Å². The Morgan fingerprint density at radius 2 is 2.00 bits per heavy atom. The number of nitrogens with one attached hydrogen (secondary N) is 1. The average molecular weight is 379 g/mol. The summed E-state index contributed by atoms with van der Waals surface area (Å²) in [5, 5.41) is 0.532. The number of benzene rings is 2. The lowest BCUT2D eigenvalue weighted by Crippen LogP contribution is -2.36. The first-order chi connectivity index (χ1) is 13.0. The minimum Gasteiger partial charge on any atom is -0.335 e. The second-order valence-corrected chi connectivity index (χ2v) is 7.43. The Kier molecular flexibility index (Phi) is 4.66. The predicted molar refractivity (Wildman–Crippen MR) is 109 cm³/mol. The summed E-state index contributed by atoms with van der Waals surface area (Å²) in [5.41, 5.74) is 2.28. The van der Waals surface area contributed by atoms with Crippen LogP contribution in [0.25, 0.3) is 10.9 Å². The summed E-state index contributed by atoms with van der Waals surface area (Å²) in [4.78, 5) is 30.5. The topological polar surface area (TPSA) is 58.1 Å². The maximum absolute atomic E-state index is 13.1. The third-order valence-corrected chi connectivity index (χ3v) is 5.68. The fourth-order valence-electron chi connectivity index (χ4n) is 3.81. The first-order valence-corrected chi connectivity index (χ1v) is 9.53. The molecule has 1 aliphatic rings. The molecule has 1 saturated heterocycles. The third-order valence-electron chi connectivity index (χ3n) is 5.30. The van der Waals surface area contributed by atoms with Crippen molar-refractivity contribution in [1.82, 2.24) is 14.5 Å². The van der Waals surface area contributed by atoms with Gasteiger partial charge in [0.1, 0.15) is 0 Å². The molecule has 1 aliphatic heterocycles. The van der Waals surface area contributed by atoms with Gasteiger partial charge in [0.25, 0.3) is 11.5 Å². The van der Waals surface area contributed by atoms with Crippen LogP contribution in [0.3, 0.4) is 0 Å². The van der Waals surface area contributed by atoms with Gasteiger partial charge in [-0.15, -0.1) is 0 Å². The molecule has 1 N–H and O–H groups in total. The highest BCUT2D eigenvalue weighted by Gasteiger charge is 2.29. The second-order valence-electron chi connectivity index (χ2n) is 7.04. The molecule has 138 valence electrons. The largest absolute Gasteiger partial charge is 0.335 e. The SMILES string of the molecule is Cn1c(=S)[nH]c2cc(C(=O)N3CCC[C@@H]3Cc3ccccc3)ccc2c1=O. The van der Waals surface area contributed by atoms with E-state index in [1.54, 1.807) is 25.2 Å². The lowest BCUT2D eigenvalue weighted by atomic mass is 10.0. The van der Waals surface area contributed by atoms with Gasteiger partial charge in [0.15, 0.2) is 4.77 Å². The number of nitrogens with zero attached hydrogens (tertiary/aromatic N) is 2. The molecule has 3 aromatic rings. The minimum atomic E-state index is -0.157. The molecule has 27 heavy (non-hydrogen) atoms. The highest BCUT2D eigenvalue weighted by molar-refractivity contribution is 7.71. The first kappa shape index (κ1) is 17.7. The molecule has 1 amide bonds. The van der Waals surface area contributed by atoms with Crippen LogP contribution in [-0.4, -0.2) is 32.9 Å². The van der Waals surface area contributed by atoms with Crippen molar-refractivity contribution >= 4 is 29.0 Å². The fraction of sp³-hybridized carbons (Fsp3) is 0.286. The van der Waals surface area contributed by atoms with Crippen molar-refractivity contribution in [3.63, 3.8) is 0 Å². The highest BCUT2D eigenvalue weighted by atomic mass is 32.1. The van der Waals surface area contributed by atoms with E-state index in [1.165, 1.54) is 10.1 Å². The molecular weight excluding hydrogens is 358 g/mol. The van der Waals surface area contributed by atoms with Crippen LogP contribution in [-0.2, 0) is 13.5 Å². The molecule has 2 aromatic carbocycles. The lowest BCUT2D eigenvalue weighted by molar-refractivity contribution is 0.0736. The van der Waals surface area contributed by atoms with E-state index < -0.39 is 0 Å². The summed E-state index contributed by atoms with van der Waals surface area (Å²) < 4.78 is 1.75. The molecule has 0 radical (unpaired) electrons. The van der Waals surface area contributed by atoms with Crippen LogP contribution in [0.2, 0.25) is 0 Å². The van der Waals surface area contributed by atoms with Crippen molar-refractivity contribution in [3.8, 4) is 0 Å². The van der Waals surface area contributed by atoms with Crippen molar-refractivity contribution in [2.45, 2.75) is 25.3 Å². The zero-order chi connectivity index (χ0) is 19.0. The van der Waals surface area contributed by atoms with E-state index in [9.17, 15) is 9.59 Å². The van der Waals surface area contributed by atoms with Crippen LogP contribution in [0, 0.1) is 4.77 Å². The average Bonchev–Trinajstić information content (AvgIpc) is 3.14. The summed E-state index contributed by atoms with van der Waals surface area (Å²) in [5.74, 6) is 0.00956. The summed E-state index contributed by atoms with van der Waals surface area (Å²) in [7, 11) is 1.64. The number of hydrogen-bond acceptors (Lipinski definition) is 3. The molecule has 6 heteroatoms. The Hall–Kier alpha value is -2.73. The van der Waals surface area contributed by atoms with E-state index >= 15 is 0 Å². The normalized spacial score (nSPS) is 16.8. The minimum absolute atomic E-state index is 0.00956. The van der Waals surface area contributed by atoms with Gasteiger partial charge in [0.2, 0.25) is 0 Å². The Bertz CT molecular complexity index is 1120. The lowest BCUT2D eigenvalue weighted by Gasteiger charge is -2.25. The van der Waals surface area contributed by atoms with Crippen molar-refractivity contribution in [2.24, 2.45) is 7.05 Å². The Morgan fingerprint density at radius 3 is 2.78 bits per heavy atom. The number of fused-ring (bicyclic) bond motifs is 1. The molecule has 2 heterocycles. The number of aromatic amines is 1. The van der Waals surface area contributed by atoms with Crippen LogP contribution in [0.15, 0.2) is 53.3 Å². The number of carbonyl (C=O) groups excluding carboxylic acids is 1. The molecule has 1 fully saturated rings. The van der Waals surface area contributed by atoms with Gasteiger partial charge in [0, 0.05) is 25.2 Å². The van der Waals surface area contributed by atoms with Gasteiger partial charge in [-0.25, -0.2) is 0 Å². The monoisotopic (exact) mass is 379 g/mol. The van der Waals surface area contributed by atoms with Crippen molar-refractivity contribution in [3.05, 3.63) is 74.8 Å². The van der Waals surface area contributed by atoms with Crippen LogP contribution in [0.4, 0.5) is 0 Å². The number of H-pyrrole nitrogens is 1. The van der Waals surface area contributed by atoms with E-state index in [-0.39, 0.29) is 17.5 Å². The smallest absolute Gasteiger partial charge is 0.261 e. The number of carbonyl (C=O) groups is 1. The standard InChI is InChI=1S/C21H21N3O2S/c1-23-20(26)17-10-9-15(13-18(17)22-21(23)27)19(25)24-11-5-8-16(24)12-14-6-3-2-4-7-14/h2-4,6-7,9-10,13,16H,5,8,11-12H2,1H3,(H,22,27)/t16-/m1/s1. The van der Waals surface area contributed by atoms with Crippen LogP contribution < -0.4 is 5.56 Å². The molecule has 1 aromatic heterocycles. The highest BCUT2D eigenvalue weighted by Crippen LogP contribution is 2.24. The first-order valence-electron chi connectivity index (χ1n) is 9.12. The molecule has 0 aliphatic carbocycles. The number of hydrogen-bond donors (Lipinski definition) is 1. The van der Waals surface area contributed by atoms with E-state index in [1.807, 2.05) is 23.1 Å². The maximum atomic E-state index is 13.1. The zero-order valence-corrected chi connectivity index (χ0v) is 16.0. The number of rotatable bonds is 3. The van der Waals surface area contributed by atoms with Crippen molar-refractivity contribution in [1.29, 1.82) is 0 Å². The predicted octanol–water partition coefficient (Wildman–Crippen LogP) is 3.44. The van der Waals surface area contributed by atoms with E-state index in [0.717, 1.165) is 25.8 Å². The van der Waals surface area contributed by atoms with Gasteiger partial charge in [0.05, 0.1) is 10.9 Å². The Balaban J connectivity index is 1.64. The van der Waals surface area contributed by atoms with Crippen LogP contribution >= 0.6 is 12.2 Å².